The minimum atomic E-state index is 0.421. The highest BCUT2D eigenvalue weighted by Crippen LogP contribution is 2.32. The molecule has 1 aromatic rings. The molecular formula is C11H11Cl2NO. The number of hydrogen-bond acceptors (Lipinski definition) is 2. The fourth-order valence-electron chi connectivity index (χ4n) is 1.03. The average Bonchev–Trinajstić information content (AvgIpc) is 2.20. The van der Waals surface area contributed by atoms with Crippen molar-refractivity contribution in [2.24, 2.45) is 0 Å². The normalized spacial score (nSPS) is 9.67. The Hall–Kier alpha value is -1.04. The summed E-state index contributed by atoms with van der Waals surface area (Å²) in [6.07, 6.45) is 6.58. The van der Waals surface area contributed by atoms with Gasteiger partial charge in [-0.3, -0.25) is 0 Å². The van der Waals surface area contributed by atoms with E-state index in [2.05, 4.69) is 5.92 Å². The Balaban J connectivity index is 2.62. The summed E-state index contributed by atoms with van der Waals surface area (Å²) in [4.78, 5) is 0. The van der Waals surface area contributed by atoms with Gasteiger partial charge in [0.25, 0.3) is 0 Å². The number of anilines is 1. The Bertz CT molecular complexity index is 385. The number of benzene rings is 1. The Morgan fingerprint density at radius 3 is 2.67 bits per heavy atom. The SMILES string of the molecule is C#CCCCOc1cc(Cl)c(Cl)cc1N. The van der Waals surface area contributed by atoms with Gasteiger partial charge in [0.05, 0.1) is 22.3 Å². The summed E-state index contributed by atoms with van der Waals surface area (Å²) in [5.74, 6) is 3.07. The van der Waals surface area contributed by atoms with Crippen LogP contribution in [0, 0.1) is 12.3 Å². The molecule has 0 radical (unpaired) electrons. The molecule has 0 aliphatic rings. The molecule has 0 spiro atoms. The first kappa shape index (κ1) is 12.0. The van der Waals surface area contributed by atoms with Crippen LogP contribution in [0.25, 0.3) is 0 Å². The van der Waals surface area contributed by atoms with Crippen molar-refractivity contribution in [3.8, 4) is 18.1 Å². The molecule has 0 amide bonds. The molecule has 0 saturated heterocycles. The van der Waals surface area contributed by atoms with E-state index in [9.17, 15) is 0 Å². The fraction of sp³-hybridized carbons (Fsp3) is 0.273. The van der Waals surface area contributed by atoms with Crippen LogP contribution in [-0.4, -0.2) is 6.61 Å². The van der Waals surface area contributed by atoms with Gasteiger partial charge in [0, 0.05) is 12.5 Å². The highest BCUT2D eigenvalue weighted by Gasteiger charge is 2.05. The van der Waals surface area contributed by atoms with Crippen LogP contribution in [0.4, 0.5) is 5.69 Å². The molecule has 0 aliphatic heterocycles. The molecule has 0 fully saturated rings. The number of ether oxygens (including phenoxy) is 1. The van der Waals surface area contributed by atoms with E-state index in [0.29, 0.717) is 34.5 Å². The predicted octanol–water partition coefficient (Wildman–Crippen LogP) is 3.37. The minimum Gasteiger partial charge on any atom is -0.491 e. The molecule has 1 aromatic carbocycles. The summed E-state index contributed by atoms with van der Waals surface area (Å²) in [5, 5.41) is 0.850. The lowest BCUT2D eigenvalue weighted by Gasteiger charge is -2.09. The van der Waals surface area contributed by atoms with Crippen LogP contribution in [0.5, 0.6) is 5.75 Å². The summed E-state index contributed by atoms with van der Waals surface area (Å²) >= 11 is 11.6. The van der Waals surface area contributed by atoms with Crippen molar-refractivity contribution >= 4 is 28.9 Å². The van der Waals surface area contributed by atoms with Crippen LogP contribution in [0.15, 0.2) is 12.1 Å². The van der Waals surface area contributed by atoms with E-state index in [-0.39, 0.29) is 0 Å². The third-order valence-corrected chi connectivity index (χ3v) is 2.50. The molecule has 1 rings (SSSR count). The molecule has 0 saturated carbocycles. The van der Waals surface area contributed by atoms with Crippen molar-refractivity contribution in [1.82, 2.24) is 0 Å². The van der Waals surface area contributed by atoms with E-state index in [1.165, 1.54) is 0 Å². The van der Waals surface area contributed by atoms with Gasteiger partial charge in [0.1, 0.15) is 5.75 Å². The number of halogens is 2. The van der Waals surface area contributed by atoms with Crippen molar-refractivity contribution in [2.45, 2.75) is 12.8 Å². The molecule has 2 nitrogen and oxygen atoms in total. The Morgan fingerprint density at radius 1 is 1.33 bits per heavy atom. The number of hydrogen-bond donors (Lipinski definition) is 1. The van der Waals surface area contributed by atoms with Gasteiger partial charge in [-0.1, -0.05) is 23.2 Å². The average molecular weight is 244 g/mol. The second kappa shape index (κ2) is 5.75. The first-order chi connectivity index (χ1) is 7.15. The van der Waals surface area contributed by atoms with Gasteiger partial charge in [0.2, 0.25) is 0 Å². The van der Waals surface area contributed by atoms with Crippen molar-refractivity contribution in [3.05, 3.63) is 22.2 Å². The molecule has 80 valence electrons. The first-order valence-electron chi connectivity index (χ1n) is 4.46. The maximum absolute atomic E-state index is 5.83. The van der Waals surface area contributed by atoms with Gasteiger partial charge in [-0.15, -0.1) is 12.3 Å². The molecular weight excluding hydrogens is 233 g/mol. The molecule has 4 heteroatoms. The molecule has 0 bridgehead atoms. The van der Waals surface area contributed by atoms with E-state index in [1.54, 1.807) is 12.1 Å². The lowest BCUT2D eigenvalue weighted by atomic mass is 10.3. The maximum Gasteiger partial charge on any atom is 0.143 e. The minimum absolute atomic E-state index is 0.421. The maximum atomic E-state index is 5.83. The molecule has 2 N–H and O–H groups in total. The molecule has 0 atom stereocenters. The largest absolute Gasteiger partial charge is 0.491 e. The summed E-state index contributed by atoms with van der Waals surface area (Å²) in [6, 6.07) is 3.18. The number of unbranched alkanes of at least 4 members (excludes halogenated alkanes) is 1. The van der Waals surface area contributed by atoms with Crippen LogP contribution in [-0.2, 0) is 0 Å². The van der Waals surface area contributed by atoms with Gasteiger partial charge in [-0.05, 0) is 12.5 Å². The van der Waals surface area contributed by atoms with E-state index < -0.39 is 0 Å². The fourth-order valence-corrected chi connectivity index (χ4v) is 1.35. The summed E-state index contributed by atoms with van der Waals surface area (Å²) < 4.78 is 5.41. The predicted molar refractivity (Wildman–Crippen MR) is 64.4 cm³/mol. The van der Waals surface area contributed by atoms with Gasteiger partial charge < -0.3 is 10.5 Å². The third-order valence-electron chi connectivity index (χ3n) is 1.78. The topological polar surface area (TPSA) is 35.2 Å². The Kier molecular flexibility index (Phi) is 4.61. The van der Waals surface area contributed by atoms with E-state index in [4.69, 9.17) is 40.1 Å². The van der Waals surface area contributed by atoms with E-state index >= 15 is 0 Å². The number of rotatable bonds is 4. The summed E-state index contributed by atoms with van der Waals surface area (Å²) in [6.45, 7) is 0.520. The second-order valence-corrected chi connectivity index (χ2v) is 3.77. The number of nitrogen functional groups attached to an aromatic ring is 1. The van der Waals surface area contributed by atoms with Gasteiger partial charge in [-0.2, -0.15) is 0 Å². The zero-order chi connectivity index (χ0) is 11.3. The zero-order valence-electron chi connectivity index (χ0n) is 8.09. The number of nitrogens with two attached hydrogens (primary N) is 1. The Morgan fingerprint density at radius 2 is 2.00 bits per heavy atom. The van der Waals surface area contributed by atoms with Crippen LogP contribution in [0.2, 0.25) is 10.0 Å². The second-order valence-electron chi connectivity index (χ2n) is 2.96. The zero-order valence-corrected chi connectivity index (χ0v) is 9.61. The smallest absolute Gasteiger partial charge is 0.143 e. The van der Waals surface area contributed by atoms with Crippen LogP contribution in [0.1, 0.15) is 12.8 Å². The van der Waals surface area contributed by atoms with E-state index in [1.807, 2.05) is 0 Å². The highest BCUT2D eigenvalue weighted by molar-refractivity contribution is 6.42. The lowest BCUT2D eigenvalue weighted by Crippen LogP contribution is -2.00. The molecule has 0 aliphatic carbocycles. The summed E-state index contributed by atoms with van der Waals surface area (Å²) in [5.41, 5.74) is 6.17. The first-order valence-corrected chi connectivity index (χ1v) is 5.21. The standard InChI is InChI=1S/C11H11Cl2NO/c1-2-3-4-5-15-11-7-9(13)8(12)6-10(11)14/h1,6-7H,3-5,14H2. The monoisotopic (exact) mass is 243 g/mol. The van der Waals surface area contributed by atoms with Gasteiger partial charge in [-0.25, -0.2) is 0 Å². The van der Waals surface area contributed by atoms with E-state index in [0.717, 1.165) is 6.42 Å². The third kappa shape index (κ3) is 3.54. The Labute approximate surface area is 99.3 Å². The van der Waals surface area contributed by atoms with Crippen molar-refractivity contribution in [1.29, 1.82) is 0 Å². The van der Waals surface area contributed by atoms with Crippen LogP contribution < -0.4 is 10.5 Å². The molecule has 15 heavy (non-hydrogen) atoms. The highest BCUT2D eigenvalue weighted by atomic mass is 35.5. The molecule has 0 aromatic heterocycles. The number of terminal acetylenes is 1. The quantitative estimate of drug-likeness (QED) is 0.500. The lowest BCUT2D eigenvalue weighted by molar-refractivity contribution is 0.314. The van der Waals surface area contributed by atoms with Crippen LogP contribution in [0.3, 0.4) is 0 Å². The van der Waals surface area contributed by atoms with Gasteiger partial charge in [0.15, 0.2) is 0 Å². The van der Waals surface area contributed by atoms with Crippen molar-refractivity contribution < 1.29 is 4.74 Å². The summed E-state index contributed by atoms with van der Waals surface area (Å²) in [7, 11) is 0. The molecule has 0 unspecified atom stereocenters. The van der Waals surface area contributed by atoms with Crippen molar-refractivity contribution in [3.63, 3.8) is 0 Å². The van der Waals surface area contributed by atoms with Crippen LogP contribution >= 0.6 is 23.2 Å². The van der Waals surface area contributed by atoms with Crippen molar-refractivity contribution in [2.75, 3.05) is 12.3 Å². The molecule has 0 heterocycles. The van der Waals surface area contributed by atoms with Gasteiger partial charge >= 0.3 is 0 Å².